The number of amides is 1. The van der Waals surface area contributed by atoms with Crippen molar-refractivity contribution in [2.75, 3.05) is 5.32 Å². The van der Waals surface area contributed by atoms with Gasteiger partial charge in [0.2, 0.25) is 0 Å². The van der Waals surface area contributed by atoms with Gasteiger partial charge in [-0.05, 0) is 42.6 Å². The van der Waals surface area contributed by atoms with Crippen LogP contribution < -0.4 is 5.32 Å². The Kier molecular flexibility index (Phi) is 4.37. The largest absolute Gasteiger partial charge is 0.322 e. The Morgan fingerprint density at radius 1 is 0.962 bits per heavy atom. The van der Waals surface area contributed by atoms with Crippen LogP contribution >= 0.6 is 11.3 Å². The highest BCUT2D eigenvalue weighted by molar-refractivity contribution is 7.13. The molecule has 0 saturated carbocycles. The topological polar surface area (TPSA) is 46.9 Å². The van der Waals surface area contributed by atoms with Crippen molar-refractivity contribution < 1.29 is 4.79 Å². The maximum absolute atomic E-state index is 13.0. The summed E-state index contributed by atoms with van der Waals surface area (Å²) in [5.74, 6) is -0.153. The summed E-state index contributed by atoms with van der Waals surface area (Å²) in [6.45, 7) is 1.93. The Bertz CT molecular complexity index is 1020. The van der Waals surface area contributed by atoms with Crippen LogP contribution in [0.25, 0.3) is 16.3 Å². The molecule has 1 N–H and O–H groups in total. The fourth-order valence-electron chi connectivity index (χ4n) is 2.90. The number of nitrogens with zero attached hydrogens (tertiary/aromatic N) is 2. The maximum atomic E-state index is 13.0. The maximum Gasteiger partial charge on any atom is 0.259 e. The molecule has 0 fully saturated rings. The predicted molar refractivity (Wildman–Crippen MR) is 106 cm³/mol. The number of thiophene rings is 1. The normalized spacial score (nSPS) is 10.7. The number of para-hydroxylation sites is 2. The van der Waals surface area contributed by atoms with Crippen LogP contribution in [0.4, 0.5) is 5.69 Å². The fourth-order valence-corrected chi connectivity index (χ4v) is 3.61. The van der Waals surface area contributed by atoms with Crippen LogP contribution in [0.5, 0.6) is 0 Å². The zero-order valence-electron chi connectivity index (χ0n) is 14.2. The number of benzene rings is 2. The molecular weight excluding hydrogens is 342 g/mol. The second-order valence-corrected chi connectivity index (χ2v) is 6.80. The standard InChI is InChI=1S/C21H17N3OS/c1-15-19(21(25)22-16-9-4-2-5-10-16)20(18-13-8-14-26-18)23-24(15)17-11-6-3-7-12-17/h2-14H,1H3,(H,22,25). The molecule has 0 aliphatic rings. The van der Waals surface area contributed by atoms with Gasteiger partial charge in [0.25, 0.3) is 5.91 Å². The molecule has 0 unspecified atom stereocenters. The molecule has 4 nitrogen and oxygen atoms in total. The highest BCUT2D eigenvalue weighted by Crippen LogP contribution is 2.31. The van der Waals surface area contributed by atoms with Gasteiger partial charge >= 0.3 is 0 Å². The molecule has 0 bridgehead atoms. The van der Waals surface area contributed by atoms with E-state index in [2.05, 4.69) is 5.32 Å². The minimum Gasteiger partial charge on any atom is -0.322 e. The molecule has 0 atom stereocenters. The summed E-state index contributed by atoms with van der Waals surface area (Å²) in [6, 6.07) is 23.3. The third-order valence-corrected chi connectivity index (χ3v) is 5.01. The summed E-state index contributed by atoms with van der Waals surface area (Å²) in [7, 11) is 0. The molecule has 26 heavy (non-hydrogen) atoms. The SMILES string of the molecule is Cc1c(C(=O)Nc2ccccc2)c(-c2cccs2)nn1-c1ccccc1. The Balaban J connectivity index is 1.82. The lowest BCUT2D eigenvalue weighted by atomic mass is 10.1. The van der Waals surface area contributed by atoms with Gasteiger partial charge in [-0.2, -0.15) is 5.10 Å². The molecule has 0 aliphatic heterocycles. The van der Waals surface area contributed by atoms with Crippen LogP contribution in [-0.2, 0) is 0 Å². The minimum absolute atomic E-state index is 0.153. The zero-order chi connectivity index (χ0) is 17.9. The number of rotatable bonds is 4. The van der Waals surface area contributed by atoms with E-state index in [4.69, 9.17) is 5.10 Å². The average Bonchev–Trinajstić information content (AvgIpc) is 3.31. The molecule has 4 aromatic rings. The molecule has 0 radical (unpaired) electrons. The van der Waals surface area contributed by atoms with E-state index in [9.17, 15) is 4.79 Å². The van der Waals surface area contributed by atoms with Crippen LogP contribution in [-0.4, -0.2) is 15.7 Å². The quantitative estimate of drug-likeness (QED) is 0.547. The zero-order valence-corrected chi connectivity index (χ0v) is 15.0. The van der Waals surface area contributed by atoms with E-state index in [0.717, 1.165) is 21.9 Å². The fraction of sp³-hybridized carbons (Fsp3) is 0.0476. The van der Waals surface area contributed by atoms with Crippen LogP contribution in [0.2, 0.25) is 0 Å². The first-order valence-electron chi connectivity index (χ1n) is 8.29. The second-order valence-electron chi connectivity index (χ2n) is 5.85. The molecule has 0 spiro atoms. The Hall–Kier alpha value is -3.18. The van der Waals surface area contributed by atoms with Crippen molar-refractivity contribution >= 4 is 22.9 Å². The summed E-state index contributed by atoms with van der Waals surface area (Å²) in [4.78, 5) is 14.0. The first-order chi connectivity index (χ1) is 12.7. The molecule has 1 amide bonds. The monoisotopic (exact) mass is 359 g/mol. The van der Waals surface area contributed by atoms with Crippen molar-refractivity contribution in [3.05, 3.63) is 89.4 Å². The number of nitrogens with one attached hydrogen (secondary N) is 1. The lowest BCUT2D eigenvalue weighted by molar-refractivity contribution is 0.102. The van der Waals surface area contributed by atoms with Crippen LogP contribution in [0.15, 0.2) is 78.2 Å². The summed E-state index contributed by atoms with van der Waals surface area (Å²) in [5.41, 5.74) is 3.81. The van der Waals surface area contributed by atoms with E-state index in [1.165, 1.54) is 0 Å². The Morgan fingerprint density at radius 3 is 2.31 bits per heavy atom. The van der Waals surface area contributed by atoms with Crippen molar-refractivity contribution in [3.63, 3.8) is 0 Å². The Morgan fingerprint density at radius 2 is 1.65 bits per heavy atom. The molecular formula is C21H17N3OS. The summed E-state index contributed by atoms with van der Waals surface area (Å²) >= 11 is 1.58. The number of carbonyl (C=O) groups is 1. The van der Waals surface area contributed by atoms with Crippen LogP contribution in [0, 0.1) is 6.92 Å². The van der Waals surface area contributed by atoms with Crippen molar-refractivity contribution in [2.45, 2.75) is 6.92 Å². The third-order valence-electron chi connectivity index (χ3n) is 4.13. The van der Waals surface area contributed by atoms with Gasteiger partial charge < -0.3 is 5.32 Å². The van der Waals surface area contributed by atoms with Crippen molar-refractivity contribution in [2.24, 2.45) is 0 Å². The van der Waals surface area contributed by atoms with Crippen LogP contribution in [0.3, 0.4) is 0 Å². The molecule has 0 saturated heterocycles. The van der Waals surface area contributed by atoms with Crippen molar-refractivity contribution in [1.29, 1.82) is 0 Å². The van der Waals surface area contributed by atoms with E-state index in [-0.39, 0.29) is 5.91 Å². The first-order valence-corrected chi connectivity index (χ1v) is 9.17. The predicted octanol–water partition coefficient (Wildman–Crippen LogP) is 5.16. The van der Waals surface area contributed by atoms with E-state index >= 15 is 0 Å². The van der Waals surface area contributed by atoms with Gasteiger partial charge in [-0.15, -0.1) is 11.3 Å². The number of hydrogen-bond donors (Lipinski definition) is 1. The van der Waals surface area contributed by atoms with Gasteiger partial charge in [-0.1, -0.05) is 42.5 Å². The Labute approximate surface area is 155 Å². The number of anilines is 1. The number of carbonyl (C=O) groups excluding carboxylic acids is 1. The highest BCUT2D eigenvalue weighted by Gasteiger charge is 2.23. The van der Waals surface area contributed by atoms with Gasteiger partial charge in [0.05, 0.1) is 21.8 Å². The minimum atomic E-state index is -0.153. The molecule has 2 aromatic heterocycles. The molecule has 0 aliphatic carbocycles. The average molecular weight is 359 g/mol. The lowest BCUT2D eigenvalue weighted by Crippen LogP contribution is -2.13. The highest BCUT2D eigenvalue weighted by atomic mass is 32.1. The smallest absolute Gasteiger partial charge is 0.259 e. The van der Waals surface area contributed by atoms with Crippen LogP contribution in [0.1, 0.15) is 16.1 Å². The number of aromatic nitrogens is 2. The van der Waals surface area contributed by atoms with Gasteiger partial charge in [0.15, 0.2) is 0 Å². The first kappa shape index (κ1) is 16.3. The van der Waals surface area contributed by atoms with Gasteiger partial charge in [0.1, 0.15) is 5.69 Å². The van der Waals surface area contributed by atoms with Gasteiger partial charge in [0, 0.05) is 5.69 Å². The second kappa shape index (κ2) is 6.98. The molecule has 4 rings (SSSR count). The van der Waals surface area contributed by atoms with Crippen molar-refractivity contribution in [3.8, 4) is 16.3 Å². The molecule has 2 heterocycles. The lowest BCUT2D eigenvalue weighted by Gasteiger charge is -2.07. The molecule has 2 aromatic carbocycles. The molecule has 128 valence electrons. The van der Waals surface area contributed by atoms with E-state index < -0.39 is 0 Å². The van der Waals surface area contributed by atoms with Gasteiger partial charge in [-0.3, -0.25) is 4.79 Å². The summed E-state index contributed by atoms with van der Waals surface area (Å²) < 4.78 is 1.83. The van der Waals surface area contributed by atoms with E-state index in [0.29, 0.717) is 11.3 Å². The van der Waals surface area contributed by atoms with E-state index in [1.54, 1.807) is 11.3 Å². The summed E-state index contributed by atoms with van der Waals surface area (Å²) in [5, 5.41) is 9.72. The van der Waals surface area contributed by atoms with E-state index in [1.807, 2.05) is 89.8 Å². The van der Waals surface area contributed by atoms with Crippen molar-refractivity contribution in [1.82, 2.24) is 9.78 Å². The molecule has 5 heteroatoms. The third kappa shape index (κ3) is 3.05. The van der Waals surface area contributed by atoms with Gasteiger partial charge in [-0.25, -0.2) is 4.68 Å². The number of hydrogen-bond acceptors (Lipinski definition) is 3. The summed E-state index contributed by atoms with van der Waals surface area (Å²) in [6.07, 6.45) is 0.